The summed E-state index contributed by atoms with van der Waals surface area (Å²) in [5.74, 6) is 2.18. The molecule has 0 saturated heterocycles. The van der Waals surface area contributed by atoms with Crippen LogP contribution in [-0.4, -0.2) is 0 Å². The Kier molecular flexibility index (Phi) is 3.62. The maximum atomic E-state index is 5.82. The first-order valence-electron chi connectivity index (χ1n) is 6.33. The highest BCUT2D eigenvalue weighted by atomic mass is 31.0. The molecule has 0 radical (unpaired) electrons. The third-order valence-electron chi connectivity index (χ3n) is 2.99. The summed E-state index contributed by atoms with van der Waals surface area (Å²) < 4.78 is 0. The van der Waals surface area contributed by atoms with Gasteiger partial charge < -0.3 is 5.73 Å². The SMILES string of the molecule is Nc1ccccc1N=Nc1ccc(-c2ccc[pH]2)cc1. The second-order valence-electron chi connectivity index (χ2n) is 4.39. The van der Waals surface area contributed by atoms with Gasteiger partial charge in [0.25, 0.3) is 0 Å². The Morgan fingerprint density at radius 1 is 0.800 bits per heavy atom. The molecule has 0 aliphatic heterocycles. The van der Waals surface area contributed by atoms with Gasteiger partial charge in [-0.2, -0.15) is 5.11 Å². The fourth-order valence-electron chi connectivity index (χ4n) is 1.91. The monoisotopic (exact) mass is 279 g/mol. The number of nitrogen functional groups attached to an aromatic ring is 1. The van der Waals surface area contributed by atoms with Crippen LogP contribution in [0.25, 0.3) is 10.9 Å². The molecule has 4 heteroatoms. The van der Waals surface area contributed by atoms with E-state index in [0.29, 0.717) is 11.4 Å². The van der Waals surface area contributed by atoms with Crippen molar-refractivity contribution in [2.75, 3.05) is 5.73 Å². The zero-order valence-electron chi connectivity index (χ0n) is 10.8. The predicted molar refractivity (Wildman–Crippen MR) is 86.4 cm³/mol. The molecule has 1 atom stereocenters. The lowest BCUT2D eigenvalue weighted by molar-refractivity contribution is 1.23. The third-order valence-corrected chi connectivity index (χ3v) is 4.11. The van der Waals surface area contributed by atoms with Crippen molar-refractivity contribution >= 4 is 25.3 Å². The number of nitrogens with zero attached hydrogens (tertiary/aromatic N) is 2. The van der Waals surface area contributed by atoms with Crippen LogP contribution in [0.15, 0.2) is 76.7 Å². The maximum absolute atomic E-state index is 5.82. The van der Waals surface area contributed by atoms with E-state index in [1.807, 2.05) is 36.4 Å². The molecule has 98 valence electrons. The van der Waals surface area contributed by atoms with Crippen LogP contribution in [0.5, 0.6) is 0 Å². The van der Waals surface area contributed by atoms with Crippen LogP contribution in [0.4, 0.5) is 17.1 Å². The Morgan fingerprint density at radius 3 is 2.30 bits per heavy atom. The molecule has 1 heterocycles. The number of benzene rings is 2. The van der Waals surface area contributed by atoms with E-state index in [-0.39, 0.29) is 0 Å². The van der Waals surface area contributed by atoms with Crippen LogP contribution in [0.1, 0.15) is 0 Å². The minimum absolute atomic E-state index is 0.635. The normalized spacial score (nSPS) is 11.4. The minimum atomic E-state index is 0.635. The quantitative estimate of drug-likeness (QED) is 0.507. The molecule has 0 aliphatic rings. The molecule has 20 heavy (non-hydrogen) atoms. The summed E-state index contributed by atoms with van der Waals surface area (Å²) in [6.07, 6.45) is 0. The van der Waals surface area contributed by atoms with E-state index in [2.05, 4.69) is 40.3 Å². The summed E-state index contributed by atoms with van der Waals surface area (Å²) in [6.45, 7) is 0. The summed E-state index contributed by atoms with van der Waals surface area (Å²) in [7, 11) is 0.761. The largest absolute Gasteiger partial charge is 0.397 e. The minimum Gasteiger partial charge on any atom is -0.397 e. The molecular weight excluding hydrogens is 265 g/mol. The van der Waals surface area contributed by atoms with E-state index in [4.69, 9.17) is 5.73 Å². The number of hydrogen-bond donors (Lipinski definition) is 1. The fraction of sp³-hybridized carbons (Fsp3) is 0. The van der Waals surface area contributed by atoms with E-state index in [1.165, 1.54) is 10.9 Å². The van der Waals surface area contributed by atoms with Crippen molar-refractivity contribution in [3.05, 3.63) is 66.5 Å². The van der Waals surface area contributed by atoms with Crippen LogP contribution in [0, 0.1) is 0 Å². The van der Waals surface area contributed by atoms with Crippen molar-refractivity contribution in [2.24, 2.45) is 10.2 Å². The van der Waals surface area contributed by atoms with Gasteiger partial charge in [0.05, 0.1) is 11.4 Å². The highest BCUT2D eigenvalue weighted by molar-refractivity contribution is 7.33. The first-order valence-corrected chi connectivity index (χ1v) is 7.41. The number of rotatable bonds is 3. The van der Waals surface area contributed by atoms with Gasteiger partial charge in [-0.05, 0) is 40.9 Å². The molecule has 1 aromatic heterocycles. The van der Waals surface area contributed by atoms with Gasteiger partial charge in [-0.25, -0.2) is 0 Å². The second kappa shape index (κ2) is 5.72. The number of hydrogen-bond acceptors (Lipinski definition) is 3. The van der Waals surface area contributed by atoms with E-state index in [0.717, 1.165) is 13.9 Å². The van der Waals surface area contributed by atoms with E-state index < -0.39 is 0 Å². The van der Waals surface area contributed by atoms with Crippen molar-refractivity contribution in [1.29, 1.82) is 0 Å². The van der Waals surface area contributed by atoms with Gasteiger partial charge >= 0.3 is 0 Å². The van der Waals surface area contributed by atoms with Crippen LogP contribution in [-0.2, 0) is 0 Å². The lowest BCUT2D eigenvalue weighted by Gasteiger charge is -1.99. The molecule has 0 fully saturated rings. The Labute approximate surface area is 119 Å². The van der Waals surface area contributed by atoms with E-state index in [9.17, 15) is 0 Å². The summed E-state index contributed by atoms with van der Waals surface area (Å²) >= 11 is 0. The van der Waals surface area contributed by atoms with Crippen molar-refractivity contribution in [3.63, 3.8) is 0 Å². The van der Waals surface area contributed by atoms with Crippen LogP contribution >= 0.6 is 8.19 Å². The average molecular weight is 279 g/mol. The number of azo groups is 1. The van der Waals surface area contributed by atoms with Crippen molar-refractivity contribution in [1.82, 2.24) is 0 Å². The summed E-state index contributed by atoms with van der Waals surface area (Å²) in [6, 6.07) is 19.8. The Morgan fingerprint density at radius 2 is 1.60 bits per heavy atom. The highest BCUT2D eigenvalue weighted by Gasteiger charge is 1.98. The molecule has 3 nitrogen and oxygen atoms in total. The molecule has 0 aliphatic carbocycles. The van der Waals surface area contributed by atoms with E-state index >= 15 is 0 Å². The lowest BCUT2D eigenvalue weighted by atomic mass is 10.2. The molecule has 0 amide bonds. The fourth-order valence-corrected chi connectivity index (χ4v) is 2.81. The summed E-state index contributed by atoms with van der Waals surface area (Å²) in [4.78, 5) is 0. The summed E-state index contributed by atoms with van der Waals surface area (Å²) in [5.41, 5.74) is 9.22. The molecule has 2 N–H and O–H groups in total. The highest BCUT2D eigenvalue weighted by Crippen LogP contribution is 2.30. The van der Waals surface area contributed by atoms with Crippen LogP contribution < -0.4 is 5.73 Å². The van der Waals surface area contributed by atoms with Gasteiger partial charge in [-0.3, -0.25) is 0 Å². The lowest BCUT2D eigenvalue weighted by Crippen LogP contribution is -1.82. The molecule has 0 spiro atoms. The molecule has 0 saturated carbocycles. The van der Waals surface area contributed by atoms with Crippen LogP contribution in [0.3, 0.4) is 0 Å². The molecule has 2 aromatic carbocycles. The standard InChI is InChI=1S/C16H14N3P/c17-14-4-1-2-5-15(14)19-18-13-9-7-12(8-10-13)16-6-3-11-20-16/h1-11,20H,17H2. The number of para-hydroxylation sites is 1. The van der Waals surface area contributed by atoms with Crippen molar-refractivity contribution < 1.29 is 0 Å². The second-order valence-corrected chi connectivity index (χ2v) is 5.55. The molecule has 3 rings (SSSR count). The Hall–Kier alpha value is -2.38. The van der Waals surface area contributed by atoms with Gasteiger partial charge in [0, 0.05) is 0 Å². The first-order chi connectivity index (χ1) is 9.83. The smallest absolute Gasteiger partial charge is 0.109 e. The van der Waals surface area contributed by atoms with Crippen LogP contribution in [0.2, 0.25) is 0 Å². The van der Waals surface area contributed by atoms with E-state index in [1.54, 1.807) is 0 Å². The Balaban J connectivity index is 1.80. The zero-order chi connectivity index (χ0) is 13.8. The van der Waals surface area contributed by atoms with Gasteiger partial charge in [-0.15, -0.1) is 13.3 Å². The topological polar surface area (TPSA) is 50.7 Å². The molecule has 3 aromatic rings. The first kappa shape index (κ1) is 12.6. The maximum Gasteiger partial charge on any atom is 0.109 e. The molecule has 0 bridgehead atoms. The number of nitrogens with two attached hydrogens (primary N) is 1. The van der Waals surface area contributed by atoms with Crippen molar-refractivity contribution in [2.45, 2.75) is 0 Å². The van der Waals surface area contributed by atoms with Gasteiger partial charge in [0.1, 0.15) is 5.69 Å². The summed E-state index contributed by atoms with van der Waals surface area (Å²) in [5, 5.41) is 9.76. The third kappa shape index (κ3) is 2.79. The molecule has 1 unspecified atom stereocenters. The Bertz CT molecular complexity index is 716. The molecular formula is C16H14N3P. The predicted octanol–water partition coefficient (Wildman–Crippen LogP) is 5.38. The van der Waals surface area contributed by atoms with Gasteiger partial charge in [0.15, 0.2) is 0 Å². The zero-order valence-corrected chi connectivity index (χ0v) is 11.8. The van der Waals surface area contributed by atoms with Crippen molar-refractivity contribution in [3.8, 4) is 10.9 Å². The average Bonchev–Trinajstić information content (AvgIpc) is 3.01. The van der Waals surface area contributed by atoms with Gasteiger partial charge in [0.2, 0.25) is 0 Å². The number of anilines is 1. The van der Waals surface area contributed by atoms with Gasteiger partial charge in [-0.1, -0.05) is 36.4 Å².